The fourth-order valence-corrected chi connectivity index (χ4v) is 4.47. The summed E-state index contributed by atoms with van der Waals surface area (Å²) in [6.07, 6.45) is -4.54. The molecule has 0 spiro atoms. The highest BCUT2D eigenvalue weighted by molar-refractivity contribution is 5.67. The Labute approximate surface area is 204 Å². The van der Waals surface area contributed by atoms with Gasteiger partial charge in [-0.3, -0.25) is 9.59 Å². The van der Waals surface area contributed by atoms with Crippen molar-refractivity contribution in [3.8, 4) is 0 Å². The number of aliphatic hydroxyl groups excluding tert-OH is 1. The number of carbonyl (C=O) groups is 2. The molecule has 35 heavy (non-hydrogen) atoms. The molecule has 4 rings (SSSR count). The Bertz CT molecular complexity index is 1020. The van der Waals surface area contributed by atoms with Crippen molar-refractivity contribution < 1.29 is 33.6 Å². The quantitative estimate of drug-likeness (QED) is 0.393. The first-order chi connectivity index (χ1) is 16.9. The lowest BCUT2D eigenvalue weighted by atomic mass is 9.80. The van der Waals surface area contributed by atoms with E-state index in [2.05, 4.69) is 0 Å². The molecule has 3 aromatic rings. The topological polar surface area (TPSA) is 91.3 Å². The van der Waals surface area contributed by atoms with Crippen molar-refractivity contribution in [3.63, 3.8) is 0 Å². The van der Waals surface area contributed by atoms with Crippen LogP contribution in [-0.4, -0.2) is 48.3 Å². The molecule has 1 aliphatic heterocycles. The van der Waals surface area contributed by atoms with Crippen molar-refractivity contribution in [1.82, 2.24) is 0 Å². The van der Waals surface area contributed by atoms with E-state index in [1.165, 1.54) is 13.8 Å². The zero-order chi connectivity index (χ0) is 24.8. The largest absolute Gasteiger partial charge is 0.455 e. The van der Waals surface area contributed by atoms with Crippen LogP contribution in [0.1, 0.15) is 30.5 Å². The van der Waals surface area contributed by atoms with Crippen molar-refractivity contribution in [1.29, 1.82) is 0 Å². The van der Waals surface area contributed by atoms with E-state index in [0.717, 1.165) is 16.7 Å². The van der Waals surface area contributed by atoms with Crippen molar-refractivity contribution in [3.05, 3.63) is 108 Å². The van der Waals surface area contributed by atoms with Crippen LogP contribution in [0.2, 0.25) is 0 Å². The zero-order valence-corrected chi connectivity index (χ0v) is 19.6. The van der Waals surface area contributed by atoms with Crippen molar-refractivity contribution in [2.24, 2.45) is 0 Å². The zero-order valence-electron chi connectivity index (χ0n) is 19.6. The third kappa shape index (κ3) is 5.27. The summed E-state index contributed by atoms with van der Waals surface area (Å²) >= 11 is 0. The lowest BCUT2D eigenvalue weighted by Crippen LogP contribution is -2.43. The summed E-state index contributed by atoms with van der Waals surface area (Å²) in [7, 11) is 0. The van der Waals surface area contributed by atoms with Crippen molar-refractivity contribution >= 4 is 11.9 Å². The molecule has 1 heterocycles. The van der Waals surface area contributed by atoms with Crippen LogP contribution in [0.5, 0.6) is 0 Å². The third-order valence-electron chi connectivity index (χ3n) is 5.89. The average Bonchev–Trinajstić information content (AvgIpc) is 3.14. The molecule has 1 N–H and O–H groups in total. The van der Waals surface area contributed by atoms with Gasteiger partial charge in [0.2, 0.25) is 0 Å². The Kier molecular flexibility index (Phi) is 7.60. The number of rotatable bonds is 8. The maximum Gasteiger partial charge on any atom is 0.303 e. The minimum absolute atomic E-state index is 0.0640. The molecule has 0 aromatic heterocycles. The van der Waals surface area contributed by atoms with Crippen LogP contribution in [0.25, 0.3) is 0 Å². The second-order valence-corrected chi connectivity index (χ2v) is 8.30. The van der Waals surface area contributed by atoms with E-state index in [4.69, 9.17) is 18.9 Å². The molecular formula is C28H28O7. The van der Waals surface area contributed by atoms with Crippen LogP contribution in [0, 0.1) is 0 Å². The SMILES string of the molecule is CC(=O)O[C@@H]1[C@@H](OC(C)=O)[C@@H](COC(c2ccccc2)(c2ccccc2)c2ccccc2)O[C@@H]1O. The highest BCUT2D eigenvalue weighted by Crippen LogP contribution is 2.41. The molecule has 0 saturated carbocycles. The maximum atomic E-state index is 11.8. The third-order valence-corrected chi connectivity index (χ3v) is 5.89. The van der Waals surface area contributed by atoms with Crippen LogP contribution in [0.3, 0.4) is 0 Å². The molecule has 0 amide bonds. The lowest BCUT2D eigenvalue weighted by Gasteiger charge is -2.37. The molecule has 0 unspecified atom stereocenters. The van der Waals surface area contributed by atoms with E-state index < -0.39 is 42.1 Å². The summed E-state index contributed by atoms with van der Waals surface area (Å²) in [4.78, 5) is 23.4. The molecule has 1 aliphatic rings. The summed E-state index contributed by atoms with van der Waals surface area (Å²) in [5.41, 5.74) is 1.63. The van der Waals surface area contributed by atoms with Gasteiger partial charge >= 0.3 is 11.9 Å². The smallest absolute Gasteiger partial charge is 0.303 e. The Balaban J connectivity index is 1.75. The first-order valence-corrected chi connectivity index (χ1v) is 11.4. The molecule has 0 bridgehead atoms. The van der Waals surface area contributed by atoms with Gasteiger partial charge in [-0.1, -0.05) is 91.0 Å². The molecule has 1 fully saturated rings. The summed E-state index contributed by atoms with van der Waals surface area (Å²) in [5.74, 6) is -1.21. The number of benzene rings is 3. The van der Waals surface area contributed by atoms with Crippen LogP contribution < -0.4 is 0 Å². The van der Waals surface area contributed by atoms with Crippen LogP contribution >= 0.6 is 0 Å². The Hall–Kier alpha value is -3.52. The highest BCUT2D eigenvalue weighted by atomic mass is 16.7. The van der Waals surface area contributed by atoms with Gasteiger partial charge in [0.25, 0.3) is 0 Å². The second-order valence-electron chi connectivity index (χ2n) is 8.30. The van der Waals surface area contributed by atoms with E-state index in [1.54, 1.807) is 0 Å². The predicted octanol–water partition coefficient (Wildman–Crippen LogP) is 3.58. The summed E-state index contributed by atoms with van der Waals surface area (Å²) in [5, 5.41) is 10.4. The first kappa shape index (κ1) is 24.6. The molecule has 182 valence electrons. The van der Waals surface area contributed by atoms with Crippen LogP contribution in [-0.2, 0) is 34.1 Å². The maximum absolute atomic E-state index is 11.8. The van der Waals surface area contributed by atoms with Crippen LogP contribution in [0.4, 0.5) is 0 Å². The van der Waals surface area contributed by atoms with E-state index in [0.29, 0.717) is 0 Å². The monoisotopic (exact) mass is 476 g/mol. The van der Waals surface area contributed by atoms with E-state index in [-0.39, 0.29) is 6.61 Å². The second kappa shape index (κ2) is 10.8. The van der Waals surface area contributed by atoms with E-state index in [1.807, 2.05) is 91.0 Å². The molecule has 7 nitrogen and oxygen atoms in total. The fraction of sp³-hybridized carbons (Fsp3) is 0.286. The molecule has 0 radical (unpaired) electrons. The first-order valence-electron chi connectivity index (χ1n) is 11.4. The number of carbonyl (C=O) groups excluding carboxylic acids is 2. The number of ether oxygens (including phenoxy) is 4. The minimum Gasteiger partial charge on any atom is -0.455 e. The number of hydrogen-bond acceptors (Lipinski definition) is 7. The van der Waals surface area contributed by atoms with Gasteiger partial charge in [-0.2, -0.15) is 0 Å². The Morgan fingerprint density at radius 1 is 0.743 bits per heavy atom. The molecular weight excluding hydrogens is 448 g/mol. The van der Waals surface area contributed by atoms with E-state index >= 15 is 0 Å². The number of esters is 2. The van der Waals surface area contributed by atoms with Gasteiger partial charge in [-0.25, -0.2) is 0 Å². The average molecular weight is 477 g/mol. The van der Waals surface area contributed by atoms with E-state index in [9.17, 15) is 14.7 Å². The number of hydrogen-bond donors (Lipinski definition) is 1. The van der Waals surface area contributed by atoms with Crippen molar-refractivity contribution in [2.45, 2.75) is 44.1 Å². The van der Waals surface area contributed by atoms with Gasteiger partial charge in [0.15, 0.2) is 18.5 Å². The van der Waals surface area contributed by atoms with Crippen molar-refractivity contribution in [2.75, 3.05) is 6.61 Å². The van der Waals surface area contributed by atoms with Crippen LogP contribution in [0.15, 0.2) is 91.0 Å². The number of aliphatic hydroxyl groups is 1. The summed E-state index contributed by atoms with van der Waals surface area (Å²) in [6, 6.07) is 29.3. The highest BCUT2D eigenvalue weighted by Gasteiger charge is 2.50. The van der Waals surface area contributed by atoms with Gasteiger partial charge in [0, 0.05) is 13.8 Å². The lowest BCUT2D eigenvalue weighted by molar-refractivity contribution is -0.174. The van der Waals surface area contributed by atoms with Gasteiger partial charge in [0.05, 0.1) is 6.61 Å². The summed E-state index contributed by atoms with van der Waals surface area (Å²) < 4.78 is 23.0. The van der Waals surface area contributed by atoms with Gasteiger partial charge < -0.3 is 24.1 Å². The normalized spacial score (nSPS) is 21.9. The molecule has 3 aromatic carbocycles. The predicted molar refractivity (Wildman–Crippen MR) is 127 cm³/mol. The molecule has 7 heteroatoms. The van der Waals surface area contributed by atoms with Gasteiger partial charge in [-0.15, -0.1) is 0 Å². The minimum atomic E-state index is -1.46. The van der Waals surface area contributed by atoms with Gasteiger partial charge in [0.1, 0.15) is 11.7 Å². The fourth-order valence-electron chi connectivity index (χ4n) is 4.47. The standard InChI is InChI=1S/C28H28O7/c1-19(29)33-25-24(35-27(31)26(25)34-20(2)30)18-32-28(21-12-6-3-7-13-21,22-14-8-4-9-15-22)23-16-10-5-11-17-23/h3-17,24-27,31H,18H2,1-2H3/t24-,25+,26-,27+/m1/s1. The summed E-state index contributed by atoms with van der Waals surface area (Å²) in [6.45, 7) is 2.40. The molecule has 1 saturated heterocycles. The van der Waals surface area contributed by atoms with Gasteiger partial charge in [-0.05, 0) is 16.7 Å². The molecule has 0 aliphatic carbocycles. The Morgan fingerprint density at radius 2 is 1.14 bits per heavy atom. The molecule has 4 atom stereocenters. The Morgan fingerprint density at radius 3 is 1.54 bits per heavy atom.